The maximum atomic E-state index is 11.8. The van der Waals surface area contributed by atoms with Gasteiger partial charge in [-0.05, 0) is 40.2 Å². The van der Waals surface area contributed by atoms with Gasteiger partial charge in [-0.2, -0.15) is 0 Å². The molecule has 0 spiro atoms. The molecule has 1 aromatic carbocycles. The van der Waals surface area contributed by atoms with Crippen molar-refractivity contribution in [2.24, 2.45) is 0 Å². The highest BCUT2D eigenvalue weighted by molar-refractivity contribution is 9.10. The third-order valence-corrected chi connectivity index (χ3v) is 3.52. The van der Waals surface area contributed by atoms with Crippen LogP contribution in [0.15, 0.2) is 34.9 Å². The van der Waals surface area contributed by atoms with Crippen LogP contribution >= 0.6 is 39.1 Å². The number of H-pyrrole nitrogens is 1. The van der Waals surface area contributed by atoms with Crippen molar-refractivity contribution in [1.82, 2.24) is 4.98 Å². The first-order chi connectivity index (χ1) is 8.06. The van der Waals surface area contributed by atoms with Gasteiger partial charge >= 0.3 is 0 Å². The maximum absolute atomic E-state index is 11.8. The minimum atomic E-state index is -0.268. The van der Waals surface area contributed by atoms with Gasteiger partial charge in [0.1, 0.15) is 5.69 Å². The fraction of sp³-hybridized carbons (Fsp3) is 0. The summed E-state index contributed by atoms with van der Waals surface area (Å²) in [5.74, 6) is -0.268. The van der Waals surface area contributed by atoms with Gasteiger partial charge in [0.25, 0.3) is 5.91 Å². The Labute approximate surface area is 116 Å². The molecule has 0 aliphatic carbocycles. The van der Waals surface area contributed by atoms with E-state index in [4.69, 9.17) is 23.2 Å². The van der Waals surface area contributed by atoms with Gasteiger partial charge in [0.15, 0.2) is 0 Å². The molecule has 2 aromatic rings. The first-order valence-corrected chi connectivity index (χ1v) is 6.21. The Bertz CT molecular complexity index is 568. The fourth-order valence-electron chi connectivity index (χ4n) is 1.27. The first-order valence-electron chi connectivity index (χ1n) is 4.66. The molecule has 6 heteroatoms. The average molecular weight is 334 g/mol. The second-order valence-corrected chi connectivity index (χ2v) is 5.01. The SMILES string of the molecule is O=C(Nc1ccc(Br)c(Cl)c1)c1cc(Cl)c[nH]1. The predicted octanol–water partition coefficient (Wildman–Crippen LogP) is 4.34. The van der Waals surface area contributed by atoms with E-state index in [9.17, 15) is 4.79 Å². The Hall–Kier alpha value is -0.970. The van der Waals surface area contributed by atoms with Gasteiger partial charge in [-0.1, -0.05) is 23.2 Å². The smallest absolute Gasteiger partial charge is 0.272 e. The number of aromatic amines is 1. The van der Waals surface area contributed by atoms with Gasteiger partial charge in [-0.3, -0.25) is 4.79 Å². The van der Waals surface area contributed by atoms with Crippen LogP contribution in [-0.4, -0.2) is 10.9 Å². The summed E-state index contributed by atoms with van der Waals surface area (Å²) in [6.07, 6.45) is 1.55. The van der Waals surface area contributed by atoms with Crippen molar-refractivity contribution in [3.05, 3.63) is 50.7 Å². The summed E-state index contributed by atoms with van der Waals surface area (Å²) in [6, 6.07) is 6.73. The molecule has 0 aliphatic heterocycles. The van der Waals surface area contributed by atoms with Gasteiger partial charge in [0.05, 0.1) is 10.0 Å². The number of hydrogen-bond acceptors (Lipinski definition) is 1. The molecule has 2 rings (SSSR count). The standard InChI is InChI=1S/C11H7BrCl2N2O/c12-8-2-1-7(4-9(8)14)16-11(17)10-3-6(13)5-15-10/h1-5,15H,(H,16,17). The van der Waals surface area contributed by atoms with Crippen LogP contribution < -0.4 is 5.32 Å². The minimum absolute atomic E-state index is 0.268. The molecule has 88 valence electrons. The van der Waals surface area contributed by atoms with Crippen LogP contribution in [-0.2, 0) is 0 Å². The first kappa shape index (κ1) is 12.5. The molecule has 0 radical (unpaired) electrons. The zero-order valence-electron chi connectivity index (χ0n) is 8.43. The largest absolute Gasteiger partial charge is 0.356 e. The van der Waals surface area contributed by atoms with Crippen molar-refractivity contribution in [1.29, 1.82) is 0 Å². The molecule has 0 saturated heterocycles. The number of aromatic nitrogens is 1. The predicted molar refractivity (Wildman–Crippen MR) is 72.9 cm³/mol. The number of carbonyl (C=O) groups excluding carboxylic acids is 1. The molecule has 0 fully saturated rings. The number of hydrogen-bond donors (Lipinski definition) is 2. The summed E-state index contributed by atoms with van der Waals surface area (Å²) in [5.41, 5.74) is 1.02. The lowest BCUT2D eigenvalue weighted by Gasteiger charge is -2.04. The summed E-state index contributed by atoms with van der Waals surface area (Å²) in [4.78, 5) is 14.5. The molecule has 0 unspecified atom stereocenters. The lowest BCUT2D eigenvalue weighted by molar-refractivity contribution is 0.102. The molecule has 2 N–H and O–H groups in total. The molecule has 1 amide bonds. The molecule has 1 heterocycles. The van der Waals surface area contributed by atoms with E-state index in [-0.39, 0.29) is 5.91 Å². The van der Waals surface area contributed by atoms with Crippen molar-refractivity contribution in [2.45, 2.75) is 0 Å². The van der Waals surface area contributed by atoms with Crippen LogP contribution in [0.1, 0.15) is 10.5 Å². The van der Waals surface area contributed by atoms with Crippen molar-refractivity contribution in [2.75, 3.05) is 5.32 Å². The van der Waals surface area contributed by atoms with E-state index >= 15 is 0 Å². The van der Waals surface area contributed by atoms with Crippen LogP contribution in [0.5, 0.6) is 0 Å². The summed E-state index contributed by atoms with van der Waals surface area (Å²) < 4.78 is 0.778. The van der Waals surface area contributed by atoms with Gasteiger partial charge in [0.2, 0.25) is 0 Å². The minimum Gasteiger partial charge on any atom is -0.356 e. The number of halogens is 3. The van der Waals surface area contributed by atoms with Crippen LogP contribution in [0.2, 0.25) is 10.0 Å². The van der Waals surface area contributed by atoms with Crippen molar-refractivity contribution in [3.8, 4) is 0 Å². The highest BCUT2D eigenvalue weighted by Crippen LogP contribution is 2.25. The van der Waals surface area contributed by atoms with E-state index in [1.54, 1.807) is 30.5 Å². The molecule has 0 atom stereocenters. The van der Waals surface area contributed by atoms with E-state index in [0.717, 1.165) is 4.47 Å². The lowest BCUT2D eigenvalue weighted by Crippen LogP contribution is -2.12. The Kier molecular flexibility index (Phi) is 3.76. The topological polar surface area (TPSA) is 44.9 Å². The fourth-order valence-corrected chi connectivity index (χ4v) is 1.86. The third kappa shape index (κ3) is 3.03. The molecular formula is C11H7BrCl2N2O. The Morgan fingerprint density at radius 2 is 2.06 bits per heavy atom. The normalized spacial score (nSPS) is 10.3. The number of amides is 1. The molecule has 3 nitrogen and oxygen atoms in total. The van der Waals surface area contributed by atoms with Gasteiger partial charge in [-0.25, -0.2) is 0 Å². The van der Waals surface area contributed by atoms with E-state index in [1.165, 1.54) is 0 Å². The molecule has 0 aliphatic rings. The van der Waals surface area contributed by atoms with Crippen molar-refractivity contribution < 1.29 is 4.79 Å². The van der Waals surface area contributed by atoms with Crippen molar-refractivity contribution >= 4 is 50.7 Å². The maximum Gasteiger partial charge on any atom is 0.272 e. The Morgan fingerprint density at radius 3 is 2.65 bits per heavy atom. The Morgan fingerprint density at radius 1 is 1.29 bits per heavy atom. The summed E-state index contributed by atoms with van der Waals surface area (Å²) in [6.45, 7) is 0. The van der Waals surface area contributed by atoms with Gasteiger partial charge in [0, 0.05) is 16.4 Å². The zero-order valence-corrected chi connectivity index (χ0v) is 11.5. The van der Waals surface area contributed by atoms with Crippen LogP contribution in [0.3, 0.4) is 0 Å². The second-order valence-electron chi connectivity index (χ2n) is 3.31. The van der Waals surface area contributed by atoms with E-state index < -0.39 is 0 Å². The van der Waals surface area contributed by atoms with Gasteiger partial charge in [-0.15, -0.1) is 0 Å². The zero-order chi connectivity index (χ0) is 12.4. The molecular weight excluding hydrogens is 327 g/mol. The van der Waals surface area contributed by atoms with Crippen LogP contribution in [0, 0.1) is 0 Å². The average Bonchev–Trinajstić information content (AvgIpc) is 2.70. The van der Waals surface area contributed by atoms with Crippen LogP contribution in [0.25, 0.3) is 0 Å². The second kappa shape index (κ2) is 5.12. The Balaban J connectivity index is 2.15. The quantitative estimate of drug-likeness (QED) is 0.843. The number of anilines is 1. The van der Waals surface area contributed by atoms with E-state index in [0.29, 0.717) is 21.4 Å². The van der Waals surface area contributed by atoms with E-state index in [1.807, 2.05) is 0 Å². The van der Waals surface area contributed by atoms with Crippen LogP contribution in [0.4, 0.5) is 5.69 Å². The number of nitrogens with one attached hydrogen (secondary N) is 2. The molecule has 0 saturated carbocycles. The summed E-state index contributed by atoms with van der Waals surface area (Å²) in [7, 11) is 0. The highest BCUT2D eigenvalue weighted by atomic mass is 79.9. The third-order valence-electron chi connectivity index (χ3n) is 2.07. The summed E-state index contributed by atoms with van der Waals surface area (Å²) >= 11 is 14.9. The number of rotatable bonds is 2. The molecule has 17 heavy (non-hydrogen) atoms. The van der Waals surface area contributed by atoms with Crippen molar-refractivity contribution in [3.63, 3.8) is 0 Å². The monoisotopic (exact) mass is 332 g/mol. The number of carbonyl (C=O) groups is 1. The number of benzene rings is 1. The molecule has 1 aromatic heterocycles. The van der Waals surface area contributed by atoms with E-state index in [2.05, 4.69) is 26.2 Å². The molecule has 0 bridgehead atoms. The lowest BCUT2D eigenvalue weighted by atomic mass is 10.3. The highest BCUT2D eigenvalue weighted by Gasteiger charge is 2.09. The summed E-state index contributed by atoms with van der Waals surface area (Å²) in [5, 5.41) is 3.73. The van der Waals surface area contributed by atoms with Gasteiger partial charge < -0.3 is 10.3 Å².